The summed E-state index contributed by atoms with van der Waals surface area (Å²) in [5, 5.41) is 0.143. The van der Waals surface area contributed by atoms with Gasteiger partial charge < -0.3 is 13.9 Å². The maximum absolute atomic E-state index is 12.5. The normalized spacial score (nSPS) is 23.0. The third-order valence-corrected chi connectivity index (χ3v) is 9.17. The highest BCUT2D eigenvalue weighted by Crippen LogP contribution is 2.39. The van der Waals surface area contributed by atoms with Crippen LogP contribution in [-0.2, 0) is 13.9 Å². The molecule has 140 valence electrons. The molecule has 1 aliphatic heterocycles. The summed E-state index contributed by atoms with van der Waals surface area (Å²) in [7, 11) is -0.272. The fourth-order valence-electron chi connectivity index (χ4n) is 2.39. The zero-order valence-electron chi connectivity index (χ0n) is 16.8. The Balaban J connectivity index is 2.87. The van der Waals surface area contributed by atoms with E-state index in [1.807, 2.05) is 26.8 Å². The highest BCUT2D eigenvalue weighted by atomic mass is 28.4. The second-order valence-corrected chi connectivity index (χ2v) is 13.8. The van der Waals surface area contributed by atoms with Gasteiger partial charge in [-0.1, -0.05) is 20.8 Å². The van der Waals surface area contributed by atoms with Crippen LogP contribution in [0, 0.1) is 0 Å². The van der Waals surface area contributed by atoms with Crippen molar-refractivity contribution in [2.75, 3.05) is 13.7 Å². The number of rotatable bonds is 4. The Labute approximate surface area is 148 Å². The van der Waals surface area contributed by atoms with Gasteiger partial charge in [0.2, 0.25) is 0 Å². The van der Waals surface area contributed by atoms with Crippen LogP contribution >= 0.6 is 0 Å². The number of likely N-dealkylation sites (tertiary alicyclic amines) is 1. The molecule has 1 heterocycles. The molecule has 1 aliphatic rings. The third-order valence-electron chi connectivity index (χ3n) is 4.64. The number of hydrogen-bond acceptors (Lipinski definition) is 4. The first kappa shape index (κ1) is 21.0. The predicted molar refractivity (Wildman–Crippen MR) is 99.6 cm³/mol. The second kappa shape index (κ2) is 7.48. The van der Waals surface area contributed by atoms with Gasteiger partial charge >= 0.3 is 6.09 Å². The van der Waals surface area contributed by atoms with Crippen molar-refractivity contribution in [3.8, 4) is 0 Å². The number of carbonyl (C=O) groups excluding carboxylic acids is 1. The molecule has 0 aromatic heterocycles. The summed E-state index contributed by atoms with van der Waals surface area (Å²) in [5.41, 5.74) is -0.509. The van der Waals surface area contributed by atoms with Crippen molar-refractivity contribution < 1.29 is 18.7 Å². The fraction of sp³-hybridized carbons (Fsp3) is 0.833. The van der Waals surface area contributed by atoms with E-state index in [0.29, 0.717) is 6.54 Å². The van der Waals surface area contributed by atoms with Gasteiger partial charge in [-0.15, -0.1) is 0 Å². The molecule has 2 atom stereocenters. The molecule has 1 rings (SSSR count). The first-order valence-corrected chi connectivity index (χ1v) is 11.5. The van der Waals surface area contributed by atoms with Crippen LogP contribution in [-0.4, -0.2) is 50.7 Å². The lowest BCUT2D eigenvalue weighted by atomic mass is 10.2. The molecule has 24 heavy (non-hydrogen) atoms. The van der Waals surface area contributed by atoms with E-state index in [-0.39, 0.29) is 23.3 Å². The van der Waals surface area contributed by atoms with Crippen molar-refractivity contribution in [1.29, 1.82) is 0 Å². The number of amides is 1. The zero-order valence-corrected chi connectivity index (χ0v) is 17.8. The molecule has 5 nitrogen and oxygen atoms in total. The quantitative estimate of drug-likeness (QED) is 0.547. The molecule has 1 saturated heterocycles. The predicted octanol–water partition coefficient (Wildman–Crippen LogP) is 4.55. The molecule has 1 amide bonds. The average Bonchev–Trinajstić information content (AvgIpc) is 2.75. The lowest BCUT2D eigenvalue weighted by Gasteiger charge is -2.38. The maximum atomic E-state index is 12.5. The van der Waals surface area contributed by atoms with Crippen molar-refractivity contribution in [2.24, 2.45) is 0 Å². The van der Waals surface area contributed by atoms with Crippen LogP contribution in [0.25, 0.3) is 0 Å². The van der Waals surface area contributed by atoms with Crippen LogP contribution < -0.4 is 0 Å². The number of hydrogen-bond donors (Lipinski definition) is 0. The van der Waals surface area contributed by atoms with Crippen molar-refractivity contribution in [2.45, 2.75) is 83.8 Å². The zero-order chi connectivity index (χ0) is 18.8. The summed E-state index contributed by atoms with van der Waals surface area (Å²) >= 11 is 0. The minimum atomic E-state index is -1.88. The Bertz CT molecular complexity index is 463. The minimum absolute atomic E-state index is 0.0323. The van der Waals surface area contributed by atoms with Gasteiger partial charge in [-0.3, -0.25) is 4.90 Å². The Hall–Kier alpha value is -1.01. The molecule has 0 aromatic rings. The van der Waals surface area contributed by atoms with Crippen molar-refractivity contribution in [3.05, 3.63) is 12.3 Å². The Morgan fingerprint density at radius 3 is 2.21 bits per heavy atom. The molecule has 0 saturated carbocycles. The average molecular weight is 358 g/mol. The first-order chi connectivity index (χ1) is 10.8. The summed E-state index contributed by atoms with van der Waals surface area (Å²) in [6.07, 6.45) is 4.03. The molecule has 0 aliphatic carbocycles. The largest absolute Gasteiger partial charge is 0.505 e. The molecule has 6 heteroatoms. The number of methoxy groups -OCH3 is 1. The molecule has 0 spiro atoms. The van der Waals surface area contributed by atoms with Gasteiger partial charge in [0.05, 0.1) is 25.5 Å². The number of carbonyl (C=O) groups is 1. The summed E-state index contributed by atoms with van der Waals surface area (Å²) in [6.45, 7) is 17.3. The van der Waals surface area contributed by atoms with E-state index in [0.717, 1.165) is 6.42 Å². The molecule has 1 fully saturated rings. The summed E-state index contributed by atoms with van der Waals surface area (Å²) in [6, 6.07) is -0.0606. The number of ether oxygens (including phenoxy) is 2. The number of nitrogens with zero attached hydrogens (tertiary/aromatic N) is 1. The summed E-state index contributed by atoms with van der Waals surface area (Å²) in [5.74, 6) is 0. The van der Waals surface area contributed by atoms with Gasteiger partial charge in [-0.2, -0.15) is 0 Å². The van der Waals surface area contributed by atoms with E-state index in [2.05, 4.69) is 33.9 Å². The molecule has 0 radical (unpaired) electrons. The lowest BCUT2D eigenvalue weighted by molar-refractivity contribution is 0.0236. The Morgan fingerprint density at radius 1 is 1.17 bits per heavy atom. The SMILES string of the molecule is CO/C=C\C1C[C@@H](O[Si](C)(C)C(C)(C)C)CN1C(=O)OC(C)(C)C. The van der Waals surface area contributed by atoms with Crippen LogP contribution in [0.2, 0.25) is 18.1 Å². The van der Waals surface area contributed by atoms with Crippen molar-refractivity contribution in [1.82, 2.24) is 4.90 Å². The monoisotopic (exact) mass is 357 g/mol. The Kier molecular flexibility index (Phi) is 6.55. The van der Waals surface area contributed by atoms with E-state index >= 15 is 0 Å². The van der Waals surface area contributed by atoms with Crippen LogP contribution in [0.1, 0.15) is 48.0 Å². The highest BCUT2D eigenvalue weighted by Gasteiger charge is 2.43. The fourth-order valence-corrected chi connectivity index (χ4v) is 3.74. The van der Waals surface area contributed by atoms with Crippen LogP contribution in [0.15, 0.2) is 12.3 Å². The van der Waals surface area contributed by atoms with Crippen LogP contribution in [0.5, 0.6) is 0 Å². The van der Waals surface area contributed by atoms with Gasteiger partial charge in [-0.25, -0.2) is 4.79 Å². The molecule has 0 bridgehead atoms. The van der Waals surface area contributed by atoms with Gasteiger partial charge in [0, 0.05) is 6.54 Å². The maximum Gasteiger partial charge on any atom is 0.410 e. The first-order valence-electron chi connectivity index (χ1n) is 8.64. The summed E-state index contributed by atoms with van der Waals surface area (Å²) < 4.78 is 17.1. The van der Waals surface area contributed by atoms with E-state index in [9.17, 15) is 4.79 Å². The van der Waals surface area contributed by atoms with E-state index in [1.54, 1.807) is 18.3 Å². The van der Waals surface area contributed by atoms with Gasteiger partial charge in [0.15, 0.2) is 8.32 Å². The molecule has 1 unspecified atom stereocenters. The highest BCUT2D eigenvalue weighted by molar-refractivity contribution is 6.74. The molecular formula is C18H35NO4Si. The van der Waals surface area contributed by atoms with Crippen molar-refractivity contribution >= 4 is 14.4 Å². The van der Waals surface area contributed by atoms with Gasteiger partial charge in [0.1, 0.15) is 5.60 Å². The van der Waals surface area contributed by atoms with Gasteiger partial charge in [0.25, 0.3) is 0 Å². The molecular weight excluding hydrogens is 322 g/mol. The topological polar surface area (TPSA) is 48.0 Å². The second-order valence-electron chi connectivity index (χ2n) is 9.00. The molecule has 0 aromatic carbocycles. The van der Waals surface area contributed by atoms with E-state index < -0.39 is 13.9 Å². The molecule has 0 N–H and O–H groups in total. The van der Waals surface area contributed by atoms with E-state index in [1.165, 1.54) is 0 Å². The van der Waals surface area contributed by atoms with Crippen molar-refractivity contribution in [3.63, 3.8) is 0 Å². The third kappa shape index (κ3) is 5.81. The summed E-state index contributed by atoms with van der Waals surface area (Å²) in [4.78, 5) is 14.3. The van der Waals surface area contributed by atoms with Crippen LogP contribution in [0.4, 0.5) is 4.79 Å². The minimum Gasteiger partial charge on any atom is -0.505 e. The van der Waals surface area contributed by atoms with Gasteiger partial charge in [-0.05, 0) is 51.4 Å². The smallest absolute Gasteiger partial charge is 0.410 e. The Morgan fingerprint density at radius 2 is 1.75 bits per heavy atom. The van der Waals surface area contributed by atoms with Crippen LogP contribution in [0.3, 0.4) is 0 Å². The van der Waals surface area contributed by atoms with E-state index in [4.69, 9.17) is 13.9 Å². The standard InChI is InChI=1S/C18H35NO4Si/c1-17(2,3)22-16(20)19-13-15(12-14(19)10-11-21-7)23-24(8,9)18(4,5)6/h10-11,14-15H,12-13H2,1-9H3/b11-10-/t14?,15-/m1/s1. The lowest BCUT2D eigenvalue weighted by Crippen LogP contribution is -2.45.